The highest BCUT2D eigenvalue weighted by molar-refractivity contribution is 7.99. The van der Waals surface area contributed by atoms with E-state index in [9.17, 15) is 22.8 Å². The Kier molecular flexibility index (Phi) is 9.43. The van der Waals surface area contributed by atoms with E-state index < -0.39 is 26.3 Å². The first kappa shape index (κ1) is 27.2. The lowest BCUT2D eigenvalue weighted by molar-refractivity contribution is -0.113. The summed E-state index contributed by atoms with van der Waals surface area (Å²) in [4.78, 5) is 42.5. The van der Waals surface area contributed by atoms with E-state index in [2.05, 4.69) is 22.2 Å². The van der Waals surface area contributed by atoms with Gasteiger partial charge in [-0.25, -0.2) is 18.2 Å². The average Bonchev–Trinajstić information content (AvgIpc) is 2.87. The van der Waals surface area contributed by atoms with Gasteiger partial charge in [-0.1, -0.05) is 37.2 Å². The van der Waals surface area contributed by atoms with Gasteiger partial charge in [0.05, 0.1) is 29.0 Å². The predicted octanol–water partition coefficient (Wildman–Crippen LogP) is 3.85. The summed E-state index contributed by atoms with van der Waals surface area (Å²) in [5.41, 5.74) is 1.08. The molecule has 1 amide bonds. The topological polar surface area (TPSA) is 135 Å². The molecule has 0 spiro atoms. The van der Waals surface area contributed by atoms with Crippen LogP contribution in [0, 0.1) is 0 Å². The smallest absolute Gasteiger partial charge is 0.338 e. The molecule has 0 saturated heterocycles. The van der Waals surface area contributed by atoms with E-state index >= 15 is 0 Å². The Balaban J connectivity index is 1.61. The number of carbonyl (C=O) groups is 2. The zero-order valence-corrected chi connectivity index (χ0v) is 21.6. The van der Waals surface area contributed by atoms with Gasteiger partial charge >= 0.3 is 5.97 Å². The van der Waals surface area contributed by atoms with Crippen LogP contribution in [0.25, 0.3) is 0 Å². The molecule has 2 N–H and O–H groups in total. The van der Waals surface area contributed by atoms with Gasteiger partial charge in [0, 0.05) is 5.69 Å². The minimum absolute atomic E-state index is 0.0174. The number of aromatic amines is 1. The number of ether oxygens (including phenoxy) is 1. The maximum absolute atomic E-state index is 12.9. The van der Waals surface area contributed by atoms with Gasteiger partial charge in [-0.05, 0) is 61.7 Å². The predicted molar refractivity (Wildman–Crippen MR) is 137 cm³/mol. The minimum atomic E-state index is -4.04. The van der Waals surface area contributed by atoms with Crippen LogP contribution < -0.4 is 10.9 Å². The SMILES string of the molecule is CCCCc1ccc(S(=O)(=O)c2cnc(SCC(=O)Nc3ccc(C(=O)OCC)cc3)[nH]c2=O)cc1. The highest BCUT2D eigenvalue weighted by Gasteiger charge is 2.22. The Morgan fingerprint density at radius 1 is 1.06 bits per heavy atom. The first-order valence-corrected chi connectivity index (χ1v) is 13.8. The van der Waals surface area contributed by atoms with Crippen LogP contribution in [0.2, 0.25) is 0 Å². The first-order chi connectivity index (χ1) is 17.2. The Morgan fingerprint density at radius 2 is 1.75 bits per heavy atom. The Bertz CT molecular complexity index is 1370. The number of thioether (sulfide) groups is 1. The van der Waals surface area contributed by atoms with E-state index in [0.717, 1.165) is 42.8 Å². The molecule has 3 aromatic rings. The summed E-state index contributed by atoms with van der Waals surface area (Å²) in [7, 11) is -4.04. The van der Waals surface area contributed by atoms with E-state index in [-0.39, 0.29) is 28.3 Å². The van der Waals surface area contributed by atoms with Crippen molar-refractivity contribution in [2.24, 2.45) is 0 Å². The second kappa shape index (κ2) is 12.5. The quantitative estimate of drug-likeness (QED) is 0.217. The van der Waals surface area contributed by atoms with Gasteiger partial charge < -0.3 is 15.0 Å². The second-order valence-electron chi connectivity index (χ2n) is 7.77. The van der Waals surface area contributed by atoms with Gasteiger partial charge in [0.1, 0.15) is 0 Å². The van der Waals surface area contributed by atoms with Crippen molar-refractivity contribution < 1.29 is 22.7 Å². The number of aromatic nitrogens is 2. The summed E-state index contributed by atoms with van der Waals surface area (Å²) in [5.74, 6) is -0.893. The molecule has 1 aromatic heterocycles. The molecule has 0 saturated carbocycles. The molecule has 0 aliphatic heterocycles. The number of amides is 1. The number of hydrogen-bond donors (Lipinski definition) is 2. The molecule has 0 radical (unpaired) electrons. The molecule has 0 aliphatic rings. The minimum Gasteiger partial charge on any atom is -0.462 e. The number of benzene rings is 2. The molecule has 0 aliphatic carbocycles. The third-order valence-corrected chi connectivity index (χ3v) is 7.76. The summed E-state index contributed by atoms with van der Waals surface area (Å²) >= 11 is 0.954. The number of anilines is 1. The summed E-state index contributed by atoms with van der Waals surface area (Å²) < 4.78 is 30.7. The van der Waals surface area contributed by atoms with Gasteiger partial charge in [0.15, 0.2) is 10.1 Å². The molecule has 1 heterocycles. The van der Waals surface area contributed by atoms with Crippen LogP contribution in [0.3, 0.4) is 0 Å². The average molecular weight is 530 g/mol. The highest BCUT2D eigenvalue weighted by Crippen LogP contribution is 2.20. The standard InChI is InChI=1S/C25H27N3O6S2/c1-3-5-6-17-7-13-20(14-8-17)36(32,33)21-15-26-25(28-23(21)30)35-16-22(29)27-19-11-9-18(10-12-19)24(31)34-4-2/h7-15H,3-6,16H2,1-2H3,(H,27,29)(H,26,28,30). The number of H-pyrrole nitrogens is 1. The molecule has 0 bridgehead atoms. The molecular weight excluding hydrogens is 502 g/mol. The fourth-order valence-corrected chi connectivity index (χ4v) is 5.08. The lowest BCUT2D eigenvalue weighted by Crippen LogP contribution is -2.20. The van der Waals surface area contributed by atoms with Gasteiger partial charge in [0.2, 0.25) is 15.7 Å². The maximum Gasteiger partial charge on any atom is 0.338 e. The summed E-state index contributed by atoms with van der Waals surface area (Å²) in [6.07, 6.45) is 3.91. The molecule has 2 aromatic carbocycles. The third kappa shape index (κ3) is 7.05. The number of aryl methyl sites for hydroxylation is 1. The Hall–Kier alpha value is -3.44. The molecule has 3 rings (SSSR count). The number of rotatable bonds is 11. The zero-order valence-electron chi connectivity index (χ0n) is 19.9. The number of nitrogens with zero attached hydrogens (tertiary/aromatic N) is 1. The largest absolute Gasteiger partial charge is 0.462 e. The number of esters is 1. The Labute approximate surface area is 213 Å². The Morgan fingerprint density at radius 3 is 2.36 bits per heavy atom. The van der Waals surface area contributed by atoms with Crippen molar-refractivity contribution in [3.8, 4) is 0 Å². The lowest BCUT2D eigenvalue weighted by Gasteiger charge is -2.07. The van der Waals surface area contributed by atoms with E-state index in [4.69, 9.17) is 4.74 Å². The highest BCUT2D eigenvalue weighted by atomic mass is 32.2. The van der Waals surface area contributed by atoms with E-state index in [0.29, 0.717) is 11.3 Å². The van der Waals surface area contributed by atoms with Crippen molar-refractivity contribution >= 4 is 39.2 Å². The van der Waals surface area contributed by atoms with Crippen molar-refractivity contribution in [2.45, 2.75) is 48.1 Å². The van der Waals surface area contributed by atoms with E-state index in [1.165, 1.54) is 24.3 Å². The van der Waals surface area contributed by atoms with Crippen molar-refractivity contribution in [2.75, 3.05) is 17.7 Å². The van der Waals surface area contributed by atoms with Gasteiger partial charge in [-0.15, -0.1) is 0 Å². The lowest BCUT2D eigenvalue weighted by atomic mass is 10.1. The van der Waals surface area contributed by atoms with Crippen LogP contribution in [-0.2, 0) is 25.8 Å². The maximum atomic E-state index is 12.9. The monoisotopic (exact) mass is 529 g/mol. The normalized spacial score (nSPS) is 11.2. The molecule has 9 nitrogen and oxygen atoms in total. The van der Waals surface area contributed by atoms with Crippen LogP contribution in [-0.4, -0.2) is 42.6 Å². The molecule has 0 atom stereocenters. The molecule has 0 fully saturated rings. The molecular formula is C25H27N3O6S2. The van der Waals surface area contributed by atoms with Crippen LogP contribution in [0.1, 0.15) is 42.6 Å². The number of carbonyl (C=O) groups excluding carboxylic acids is 2. The molecule has 11 heteroatoms. The third-order valence-electron chi connectivity index (χ3n) is 5.11. The molecule has 0 unspecified atom stereocenters. The fourth-order valence-electron chi connectivity index (χ4n) is 3.21. The molecule has 190 valence electrons. The van der Waals surface area contributed by atoms with E-state index in [1.54, 1.807) is 31.2 Å². The zero-order chi connectivity index (χ0) is 26.1. The summed E-state index contributed by atoms with van der Waals surface area (Å²) in [6.45, 7) is 4.06. The van der Waals surface area contributed by atoms with Gasteiger partial charge in [-0.2, -0.15) is 0 Å². The van der Waals surface area contributed by atoms with Crippen molar-refractivity contribution in [1.29, 1.82) is 0 Å². The fraction of sp³-hybridized carbons (Fsp3) is 0.280. The van der Waals surface area contributed by atoms with Gasteiger partial charge in [0.25, 0.3) is 5.56 Å². The number of hydrogen-bond acceptors (Lipinski definition) is 8. The van der Waals surface area contributed by atoms with Crippen molar-refractivity contribution in [3.05, 3.63) is 76.2 Å². The van der Waals surface area contributed by atoms with Crippen molar-refractivity contribution in [1.82, 2.24) is 9.97 Å². The number of unbranched alkanes of at least 4 members (excludes halogenated alkanes) is 1. The number of sulfone groups is 1. The first-order valence-electron chi connectivity index (χ1n) is 11.4. The summed E-state index contributed by atoms with van der Waals surface area (Å²) in [6, 6.07) is 12.7. The number of nitrogens with one attached hydrogen (secondary N) is 2. The summed E-state index contributed by atoms with van der Waals surface area (Å²) in [5, 5.41) is 2.78. The van der Waals surface area contributed by atoms with Gasteiger partial charge in [-0.3, -0.25) is 9.59 Å². The van der Waals surface area contributed by atoms with Crippen LogP contribution in [0.4, 0.5) is 5.69 Å². The molecule has 36 heavy (non-hydrogen) atoms. The van der Waals surface area contributed by atoms with Crippen molar-refractivity contribution in [3.63, 3.8) is 0 Å². The second-order valence-corrected chi connectivity index (χ2v) is 10.6. The van der Waals surface area contributed by atoms with Crippen LogP contribution in [0.5, 0.6) is 0 Å². The van der Waals surface area contributed by atoms with E-state index in [1.807, 2.05) is 0 Å². The van der Waals surface area contributed by atoms with Crippen LogP contribution in [0.15, 0.2) is 74.5 Å². The van der Waals surface area contributed by atoms with Crippen LogP contribution >= 0.6 is 11.8 Å².